The Balaban J connectivity index is 1.97. The van der Waals surface area contributed by atoms with Crippen LogP contribution in [0.25, 0.3) is 0 Å². The van der Waals surface area contributed by atoms with Gasteiger partial charge in [-0.1, -0.05) is 12.1 Å². The van der Waals surface area contributed by atoms with E-state index in [4.69, 9.17) is 14.1 Å². The molecule has 1 amide bonds. The fourth-order valence-corrected chi connectivity index (χ4v) is 2.87. The van der Waals surface area contributed by atoms with Crippen LogP contribution in [-0.2, 0) is 25.5 Å². The summed E-state index contributed by atoms with van der Waals surface area (Å²) in [7, 11) is -1.53. The molecule has 1 atom stereocenters. The first kappa shape index (κ1) is 25.5. The summed E-state index contributed by atoms with van der Waals surface area (Å²) >= 11 is 0. The molecule has 1 aromatic rings. The molecule has 1 aliphatic rings. The van der Waals surface area contributed by atoms with Crippen LogP contribution in [0.3, 0.4) is 0 Å². The van der Waals surface area contributed by atoms with E-state index in [-0.39, 0.29) is 30.6 Å². The number of hydrogen-bond acceptors (Lipinski definition) is 7. The highest BCUT2D eigenvalue weighted by atomic mass is 19.4. The molecule has 2 rings (SSSR count). The number of amides is 1. The van der Waals surface area contributed by atoms with Crippen molar-refractivity contribution in [2.45, 2.75) is 58.6 Å². The van der Waals surface area contributed by atoms with Gasteiger partial charge in [-0.15, -0.1) is 0 Å². The first-order chi connectivity index (χ1) is 14.8. The number of ether oxygens (including phenoxy) is 2. The quantitative estimate of drug-likeness (QED) is 0.366. The Bertz CT molecular complexity index is 855. The van der Waals surface area contributed by atoms with Crippen molar-refractivity contribution in [3.63, 3.8) is 0 Å². The first-order valence-corrected chi connectivity index (χ1v) is 9.95. The number of nitrogens with one attached hydrogen (secondary N) is 1. The third-order valence-corrected chi connectivity index (χ3v) is 4.54. The topological polar surface area (TPSA) is 111 Å². The molecule has 2 N–H and O–H groups in total. The SMILES string of the molecule is CC(C)(C)C(=O)OCOC(=O)c1cccc2c1OB(O)[C@@H](NC(=O)CCCC(F)(F)F)C2. The normalized spacial score (nSPS) is 16.0. The highest BCUT2D eigenvalue weighted by Gasteiger charge is 2.38. The number of rotatable bonds is 7. The van der Waals surface area contributed by atoms with Crippen LogP contribution in [0.1, 0.15) is 56.0 Å². The predicted octanol–water partition coefficient (Wildman–Crippen LogP) is 2.56. The number of benzene rings is 1. The minimum atomic E-state index is -4.34. The monoisotopic (exact) mass is 459 g/mol. The van der Waals surface area contributed by atoms with Gasteiger partial charge in [-0.05, 0) is 45.2 Å². The predicted molar refractivity (Wildman–Crippen MR) is 106 cm³/mol. The fraction of sp³-hybridized carbons (Fsp3) is 0.550. The maximum Gasteiger partial charge on any atom is 0.547 e. The van der Waals surface area contributed by atoms with Gasteiger partial charge < -0.3 is 24.5 Å². The van der Waals surface area contributed by atoms with Crippen LogP contribution in [0.15, 0.2) is 18.2 Å². The Kier molecular flexibility index (Phi) is 8.16. The molecule has 0 radical (unpaired) electrons. The number of carbonyl (C=O) groups excluding carboxylic acids is 3. The summed E-state index contributed by atoms with van der Waals surface area (Å²) < 4.78 is 51.9. The molecule has 0 saturated heterocycles. The Labute approximate surface area is 183 Å². The molecule has 0 saturated carbocycles. The van der Waals surface area contributed by atoms with E-state index >= 15 is 0 Å². The molecule has 1 aliphatic heterocycles. The van der Waals surface area contributed by atoms with E-state index in [1.165, 1.54) is 6.07 Å². The van der Waals surface area contributed by atoms with Gasteiger partial charge in [0.1, 0.15) is 11.3 Å². The van der Waals surface area contributed by atoms with Crippen molar-refractivity contribution in [3.8, 4) is 5.75 Å². The zero-order valence-electron chi connectivity index (χ0n) is 18.0. The molecule has 32 heavy (non-hydrogen) atoms. The van der Waals surface area contributed by atoms with Crippen molar-refractivity contribution in [1.29, 1.82) is 0 Å². The maximum absolute atomic E-state index is 12.4. The highest BCUT2D eigenvalue weighted by molar-refractivity contribution is 6.47. The summed E-state index contributed by atoms with van der Waals surface area (Å²) in [6.07, 6.45) is -6.06. The van der Waals surface area contributed by atoms with Crippen molar-refractivity contribution in [1.82, 2.24) is 5.32 Å². The average molecular weight is 459 g/mol. The number of esters is 2. The Morgan fingerprint density at radius 3 is 2.53 bits per heavy atom. The fourth-order valence-electron chi connectivity index (χ4n) is 2.87. The standard InChI is InChI=1S/C20H25BF3NO7/c1-19(2,3)18(28)31-11-30-17(27)13-7-4-6-12-10-14(21(29)32-16(12)13)25-15(26)8-5-9-20(22,23)24/h4,6-7,14,29H,5,8-11H2,1-3H3,(H,25,26)/t14-/m0/s1. The van der Waals surface area contributed by atoms with Gasteiger partial charge in [-0.3, -0.25) is 9.59 Å². The second kappa shape index (κ2) is 10.2. The van der Waals surface area contributed by atoms with Gasteiger partial charge >= 0.3 is 25.2 Å². The Hall–Kier alpha value is -2.76. The van der Waals surface area contributed by atoms with Crippen molar-refractivity contribution in [2.24, 2.45) is 5.41 Å². The lowest BCUT2D eigenvalue weighted by Gasteiger charge is -2.29. The second-order valence-corrected chi connectivity index (χ2v) is 8.38. The zero-order valence-corrected chi connectivity index (χ0v) is 18.0. The highest BCUT2D eigenvalue weighted by Crippen LogP contribution is 2.31. The van der Waals surface area contributed by atoms with E-state index in [9.17, 15) is 32.6 Å². The van der Waals surface area contributed by atoms with Gasteiger partial charge in [0.2, 0.25) is 12.7 Å². The molecular weight excluding hydrogens is 434 g/mol. The molecule has 8 nitrogen and oxygen atoms in total. The average Bonchev–Trinajstić information content (AvgIpc) is 2.66. The van der Waals surface area contributed by atoms with E-state index in [1.807, 2.05) is 0 Å². The largest absolute Gasteiger partial charge is 0.547 e. The third kappa shape index (κ3) is 7.43. The van der Waals surface area contributed by atoms with E-state index in [2.05, 4.69) is 5.32 Å². The van der Waals surface area contributed by atoms with Gasteiger partial charge in [-0.2, -0.15) is 13.2 Å². The van der Waals surface area contributed by atoms with E-state index in [0.717, 1.165) is 0 Å². The molecule has 0 spiro atoms. The van der Waals surface area contributed by atoms with Crippen LogP contribution in [-0.4, -0.2) is 48.9 Å². The second-order valence-electron chi connectivity index (χ2n) is 8.38. The summed E-state index contributed by atoms with van der Waals surface area (Å²) in [4.78, 5) is 36.0. The summed E-state index contributed by atoms with van der Waals surface area (Å²) in [5, 5.41) is 12.7. The number of hydrogen-bond donors (Lipinski definition) is 2. The molecular formula is C20H25BF3NO7. The Morgan fingerprint density at radius 1 is 1.22 bits per heavy atom. The number of fused-ring (bicyclic) bond motifs is 1. The molecule has 0 bridgehead atoms. The van der Waals surface area contributed by atoms with Crippen LogP contribution in [0, 0.1) is 5.41 Å². The van der Waals surface area contributed by atoms with Crippen LogP contribution >= 0.6 is 0 Å². The van der Waals surface area contributed by atoms with Gasteiger partial charge in [-0.25, -0.2) is 4.79 Å². The molecule has 0 aromatic heterocycles. The van der Waals surface area contributed by atoms with Crippen LogP contribution in [0.2, 0.25) is 0 Å². The van der Waals surface area contributed by atoms with Gasteiger partial charge in [0.25, 0.3) is 0 Å². The summed E-state index contributed by atoms with van der Waals surface area (Å²) in [5.41, 5.74) is -0.294. The van der Waals surface area contributed by atoms with Crippen molar-refractivity contribution < 1.29 is 46.7 Å². The lowest BCUT2D eigenvalue weighted by molar-refractivity contribution is -0.161. The third-order valence-electron chi connectivity index (χ3n) is 4.54. The number of para-hydroxylation sites is 1. The molecule has 12 heteroatoms. The number of carbonyl (C=O) groups is 3. The number of alkyl halides is 3. The van der Waals surface area contributed by atoms with Crippen molar-refractivity contribution >= 4 is 25.0 Å². The van der Waals surface area contributed by atoms with Crippen LogP contribution < -0.4 is 9.97 Å². The van der Waals surface area contributed by atoms with Gasteiger partial charge in [0, 0.05) is 12.8 Å². The van der Waals surface area contributed by atoms with Gasteiger partial charge in [0.05, 0.1) is 11.4 Å². The minimum absolute atomic E-state index is 0.0108. The van der Waals surface area contributed by atoms with Crippen LogP contribution in [0.4, 0.5) is 13.2 Å². The first-order valence-electron chi connectivity index (χ1n) is 9.95. The summed E-state index contributed by atoms with van der Waals surface area (Å²) in [6, 6.07) is 4.55. The van der Waals surface area contributed by atoms with Gasteiger partial charge in [0.15, 0.2) is 0 Å². The molecule has 0 fully saturated rings. The Morgan fingerprint density at radius 2 is 1.91 bits per heavy atom. The lowest BCUT2D eigenvalue weighted by Crippen LogP contribution is -2.53. The van der Waals surface area contributed by atoms with Crippen molar-refractivity contribution in [3.05, 3.63) is 29.3 Å². The molecule has 0 aliphatic carbocycles. The van der Waals surface area contributed by atoms with E-state index in [0.29, 0.717) is 5.56 Å². The minimum Gasteiger partial charge on any atom is -0.534 e. The van der Waals surface area contributed by atoms with Crippen molar-refractivity contribution in [2.75, 3.05) is 6.79 Å². The van der Waals surface area contributed by atoms with E-state index in [1.54, 1.807) is 32.9 Å². The zero-order chi connectivity index (χ0) is 24.1. The van der Waals surface area contributed by atoms with E-state index < -0.39 is 55.7 Å². The lowest BCUT2D eigenvalue weighted by atomic mass is 9.72. The van der Waals surface area contributed by atoms with Crippen LogP contribution in [0.5, 0.6) is 5.75 Å². The summed E-state index contributed by atoms with van der Waals surface area (Å²) in [5.74, 6) is -2.90. The maximum atomic E-state index is 12.4. The smallest absolute Gasteiger partial charge is 0.534 e. The molecule has 1 aromatic carbocycles. The summed E-state index contributed by atoms with van der Waals surface area (Å²) in [6.45, 7) is 4.33. The molecule has 176 valence electrons. The number of halogens is 3. The molecule has 1 heterocycles. The molecule has 0 unspecified atom stereocenters.